The van der Waals surface area contributed by atoms with Gasteiger partial charge in [-0.15, -0.1) is 11.8 Å². The van der Waals surface area contributed by atoms with E-state index >= 15 is 0 Å². The molecule has 0 unspecified atom stereocenters. The zero-order chi connectivity index (χ0) is 17.6. The molecule has 1 saturated carbocycles. The summed E-state index contributed by atoms with van der Waals surface area (Å²) in [4.78, 5) is 15.1. The highest BCUT2D eigenvalue weighted by atomic mass is 35.5. The number of hydrogen-bond acceptors (Lipinski definition) is 4. The van der Waals surface area contributed by atoms with Crippen molar-refractivity contribution in [1.82, 2.24) is 4.98 Å². The molecule has 1 aliphatic carbocycles. The van der Waals surface area contributed by atoms with Crippen molar-refractivity contribution in [2.24, 2.45) is 0 Å². The summed E-state index contributed by atoms with van der Waals surface area (Å²) in [5, 5.41) is 11.0. The Morgan fingerprint density at radius 3 is 2.88 bits per heavy atom. The monoisotopic (exact) mass is 377 g/mol. The maximum atomic E-state index is 10.7. The lowest BCUT2D eigenvalue weighted by Gasteiger charge is -2.24. The first-order valence-electron chi connectivity index (χ1n) is 8.35. The summed E-state index contributed by atoms with van der Waals surface area (Å²) in [5.74, 6) is -0.214. The van der Waals surface area contributed by atoms with Crippen LogP contribution in [-0.4, -0.2) is 21.3 Å². The molecule has 1 aromatic carbocycles. The summed E-state index contributed by atoms with van der Waals surface area (Å²) in [5.41, 5.74) is 1.95. The molecule has 1 N–H and O–H groups in total. The Balaban J connectivity index is 1.62. The van der Waals surface area contributed by atoms with E-state index in [0.717, 1.165) is 16.2 Å². The van der Waals surface area contributed by atoms with E-state index in [1.54, 1.807) is 12.1 Å². The molecule has 2 aromatic rings. The minimum absolute atomic E-state index is 0.0912. The third kappa shape index (κ3) is 5.13. The summed E-state index contributed by atoms with van der Waals surface area (Å²) in [7, 11) is 0. The Kier molecular flexibility index (Phi) is 6.21. The van der Waals surface area contributed by atoms with Crippen LogP contribution in [0.5, 0.6) is 5.75 Å². The predicted octanol–water partition coefficient (Wildman–Crippen LogP) is 4.98. The largest absolute Gasteiger partial charge is 0.487 e. The number of rotatable bonds is 8. The summed E-state index contributed by atoms with van der Waals surface area (Å²) in [6.45, 7) is 0.414. The molecule has 0 amide bonds. The third-order valence-corrected chi connectivity index (χ3v) is 5.88. The van der Waals surface area contributed by atoms with E-state index in [1.807, 2.05) is 36.2 Å². The van der Waals surface area contributed by atoms with Gasteiger partial charge in [0.05, 0.1) is 5.02 Å². The number of hydrogen-bond donors (Lipinski definition) is 1. The van der Waals surface area contributed by atoms with Gasteiger partial charge in [0, 0.05) is 23.4 Å². The standard InChI is InChI=1S/C19H20ClNO3S/c20-16-11-13(7-9-18(22)23)6-8-17(16)24-12-14-3-2-10-21-19(14)25-15-4-1-5-15/h2-3,6,8,10-11,15H,1,4-5,7,9,12H2,(H,22,23). The second-order valence-corrected chi connectivity index (χ2v) is 7.78. The molecule has 1 fully saturated rings. The SMILES string of the molecule is O=C(O)CCc1ccc(OCc2cccnc2SC2CCC2)c(Cl)c1. The molecule has 25 heavy (non-hydrogen) atoms. The lowest BCUT2D eigenvalue weighted by molar-refractivity contribution is -0.136. The molecular weight excluding hydrogens is 358 g/mol. The minimum Gasteiger partial charge on any atom is -0.487 e. The molecule has 4 nitrogen and oxygen atoms in total. The number of aryl methyl sites for hydroxylation is 1. The van der Waals surface area contributed by atoms with E-state index < -0.39 is 5.97 Å². The average Bonchev–Trinajstić information content (AvgIpc) is 2.56. The second kappa shape index (κ2) is 8.59. The normalized spacial score (nSPS) is 14.1. The number of aromatic nitrogens is 1. The number of carboxylic acids is 1. The number of thioether (sulfide) groups is 1. The van der Waals surface area contributed by atoms with Crippen LogP contribution in [0.25, 0.3) is 0 Å². The van der Waals surface area contributed by atoms with Crippen LogP contribution in [0.15, 0.2) is 41.6 Å². The van der Waals surface area contributed by atoms with Crippen LogP contribution in [0, 0.1) is 0 Å². The van der Waals surface area contributed by atoms with Crippen LogP contribution in [0.1, 0.15) is 36.8 Å². The van der Waals surface area contributed by atoms with Gasteiger partial charge in [0.1, 0.15) is 17.4 Å². The first-order chi connectivity index (χ1) is 12.1. The van der Waals surface area contributed by atoms with Gasteiger partial charge in [0.25, 0.3) is 0 Å². The molecule has 1 heterocycles. The van der Waals surface area contributed by atoms with Crippen molar-refractivity contribution in [1.29, 1.82) is 0 Å². The molecule has 0 atom stereocenters. The van der Waals surface area contributed by atoms with Gasteiger partial charge in [0.15, 0.2) is 0 Å². The molecule has 0 saturated heterocycles. The lowest BCUT2D eigenvalue weighted by Crippen LogP contribution is -2.13. The van der Waals surface area contributed by atoms with Crippen LogP contribution < -0.4 is 4.74 Å². The highest BCUT2D eigenvalue weighted by molar-refractivity contribution is 8.00. The molecule has 0 aliphatic heterocycles. The Hall–Kier alpha value is -1.72. The summed E-state index contributed by atoms with van der Waals surface area (Å²) >= 11 is 8.10. The molecule has 3 rings (SSSR count). The summed E-state index contributed by atoms with van der Waals surface area (Å²) in [6, 6.07) is 9.38. The van der Waals surface area contributed by atoms with Gasteiger partial charge in [-0.25, -0.2) is 4.98 Å². The number of carbonyl (C=O) groups is 1. The van der Waals surface area contributed by atoms with Gasteiger partial charge in [0.2, 0.25) is 0 Å². The van der Waals surface area contributed by atoms with Crippen molar-refractivity contribution in [2.45, 2.75) is 49.0 Å². The first kappa shape index (κ1) is 18.1. The lowest BCUT2D eigenvalue weighted by atomic mass is 10.0. The van der Waals surface area contributed by atoms with Crippen molar-refractivity contribution in [3.8, 4) is 5.75 Å². The Bertz CT molecular complexity index is 749. The summed E-state index contributed by atoms with van der Waals surface area (Å²) < 4.78 is 5.88. The Morgan fingerprint density at radius 1 is 1.36 bits per heavy atom. The zero-order valence-corrected chi connectivity index (χ0v) is 15.4. The zero-order valence-electron chi connectivity index (χ0n) is 13.8. The smallest absolute Gasteiger partial charge is 0.303 e. The van der Waals surface area contributed by atoms with Gasteiger partial charge in [-0.3, -0.25) is 4.79 Å². The fraction of sp³-hybridized carbons (Fsp3) is 0.368. The first-order valence-corrected chi connectivity index (χ1v) is 9.61. The molecule has 1 aliphatic rings. The van der Waals surface area contributed by atoms with E-state index in [2.05, 4.69) is 4.98 Å². The van der Waals surface area contributed by atoms with Crippen LogP contribution in [0.2, 0.25) is 5.02 Å². The quantitative estimate of drug-likeness (QED) is 0.703. The number of nitrogens with zero attached hydrogens (tertiary/aromatic N) is 1. The molecular formula is C19H20ClNO3S. The van der Waals surface area contributed by atoms with E-state index in [-0.39, 0.29) is 6.42 Å². The van der Waals surface area contributed by atoms with Crippen molar-refractivity contribution in [3.05, 3.63) is 52.7 Å². The van der Waals surface area contributed by atoms with Crippen molar-refractivity contribution >= 4 is 29.3 Å². The van der Waals surface area contributed by atoms with Crippen LogP contribution in [0.3, 0.4) is 0 Å². The molecule has 0 spiro atoms. The van der Waals surface area contributed by atoms with E-state index in [4.69, 9.17) is 21.4 Å². The number of benzene rings is 1. The van der Waals surface area contributed by atoms with Gasteiger partial charge < -0.3 is 9.84 Å². The van der Waals surface area contributed by atoms with Gasteiger partial charge in [-0.05, 0) is 43.0 Å². The summed E-state index contributed by atoms with van der Waals surface area (Å²) in [6.07, 6.45) is 6.18. The average molecular weight is 378 g/mol. The second-order valence-electron chi connectivity index (χ2n) is 6.09. The third-order valence-electron chi connectivity index (χ3n) is 4.19. The minimum atomic E-state index is -0.815. The van der Waals surface area contributed by atoms with Crippen molar-refractivity contribution < 1.29 is 14.6 Å². The molecule has 1 aromatic heterocycles. The van der Waals surface area contributed by atoms with E-state index in [1.165, 1.54) is 19.3 Å². The molecule has 6 heteroatoms. The number of carboxylic acid groups (broad SMARTS) is 1. The number of ether oxygens (including phenoxy) is 1. The van der Waals surface area contributed by atoms with Crippen LogP contribution in [0.4, 0.5) is 0 Å². The maximum Gasteiger partial charge on any atom is 0.303 e. The van der Waals surface area contributed by atoms with Gasteiger partial charge in [-0.2, -0.15) is 0 Å². The van der Waals surface area contributed by atoms with Crippen LogP contribution in [-0.2, 0) is 17.8 Å². The van der Waals surface area contributed by atoms with Crippen LogP contribution >= 0.6 is 23.4 Å². The highest BCUT2D eigenvalue weighted by Crippen LogP contribution is 2.37. The maximum absolute atomic E-state index is 10.7. The van der Waals surface area contributed by atoms with Gasteiger partial charge in [-0.1, -0.05) is 30.2 Å². The van der Waals surface area contributed by atoms with Crippen molar-refractivity contribution in [2.75, 3.05) is 0 Å². The predicted molar refractivity (Wildman–Crippen MR) is 99.5 cm³/mol. The molecule has 0 radical (unpaired) electrons. The van der Waals surface area contributed by atoms with Crippen molar-refractivity contribution in [3.63, 3.8) is 0 Å². The molecule has 132 valence electrons. The number of pyridine rings is 1. The number of aliphatic carboxylic acids is 1. The highest BCUT2D eigenvalue weighted by Gasteiger charge is 2.20. The Labute approximate surface area is 156 Å². The van der Waals surface area contributed by atoms with E-state index in [9.17, 15) is 4.79 Å². The number of halogens is 1. The van der Waals surface area contributed by atoms with E-state index in [0.29, 0.717) is 29.0 Å². The fourth-order valence-electron chi connectivity index (χ4n) is 2.51. The fourth-order valence-corrected chi connectivity index (χ4v) is 4.05. The topological polar surface area (TPSA) is 59.4 Å². The molecule has 0 bridgehead atoms. The Morgan fingerprint density at radius 2 is 2.20 bits per heavy atom. The van der Waals surface area contributed by atoms with Gasteiger partial charge >= 0.3 is 5.97 Å².